The van der Waals surface area contributed by atoms with Gasteiger partial charge in [-0.25, -0.2) is 0 Å². The number of hydrogen-bond acceptors (Lipinski definition) is 1. The third-order valence-electron chi connectivity index (χ3n) is 2.03. The van der Waals surface area contributed by atoms with Crippen LogP contribution in [0.1, 0.15) is 32.6 Å². The molecule has 0 aromatic carbocycles. The van der Waals surface area contributed by atoms with Crippen LogP contribution < -0.4 is 5.73 Å². The molecule has 0 heterocycles. The van der Waals surface area contributed by atoms with Crippen molar-refractivity contribution in [3.63, 3.8) is 0 Å². The lowest BCUT2D eigenvalue weighted by Crippen LogP contribution is -2.17. The van der Waals surface area contributed by atoms with Crippen LogP contribution in [-0.2, 0) is 0 Å². The highest BCUT2D eigenvalue weighted by atomic mass is 14.6. The van der Waals surface area contributed by atoms with E-state index in [0.29, 0.717) is 0 Å². The minimum atomic E-state index is 0.264. The van der Waals surface area contributed by atoms with Crippen LogP contribution in [0.4, 0.5) is 0 Å². The number of rotatable bonds is 3. The predicted molar refractivity (Wildman–Crippen MR) is 49.3 cm³/mol. The Hall–Kier alpha value is -0.560. The fourth-order valence-corrected chi connectivity index (χ4v) is 1.25. The van der Waals surface area contributed by atoms with E-state index in [-0.39, 0.29) is 6.04 Å². The van der Waals surface area contributed by atoms with Crippen molar-refractivity contribution in [2.45, 2.75) is 38.6 Å². The summed E-state index contributed by atoms with van der Waals surface area (Å²) in [5.41, 5.74) is 7.16. The summed E-state index contributed by atoms with van der Waals surface area (Å²) in [4.78, 5) is 0. The fraction of sp³-hybridized carbons (Fsp3) is 0.600. The van der Waals surface area contributed by atoms with Gasteiger partial charge in [-0.05, 0) is 19.3 Å². The van der Waals surface area contributed by atoms with E-state index in [1.807, 2.05) is 0 Å². The molecule has 1 heteroatoms. The molecule has 0 amide bonds. The Kier molecular flexibility index (Phi) is 3.37. The lowest BCUT2D eigenvalue weighted by molar-refractivity contribution is 0.766. The van der Waals surface area contributed by atoms with Crippen molar-refractivity contribution in [2.24, 2.45) is 5.73 Å². The second kappa shape index (κ2) is 4.35. The van der Waals surface area contributed by atoms with Crippen molar-refractivity contribution in [2.75, 3.05) is 0 Å². The quantitative estimate of drug-likeness (QED) is 0.658. The molecule has 1 rings (SSSR count). The molecule has 0 aromatic rings. The van der Waals surface area contributed by atoms with Crippen LogP contribution in [0, 0.1) is 0 Å². The Morgan fingerprint density at radius 2 is 2.45 bits per heavy atom. The average Bonchev–Trinajstić information content (AvgIpc) is 2.04. The molecule has 0 spiro atoms. The van der Waals surface area contributed by atoms with Gasteiger partial charge in [0.2, 0.25) is 0 Å². The molecule has 2 N–H and O–H groups in total. The Morgan fingerprint density at radius 1 is 1.64 bits per heavy atom. The molecule has 0 saturated heterocycles. The van der Waals surface area contributed by atoms with Crippen LogP contribution in [0.25, 0.3) is 0 Å². The molecule has 1 atom stereocenters. The standard InChI is InChI=1S/C10H17N/c1-2-3-4-9-5-7-10(11)8-6-9/h5-7,10H,2-4,8,11H2,1H3. The Bertz CT molecular complexity index is 168. The number of unbranched alkanes of at least 4 members (excludes halogenated alkanes) is 1. The van der Waals surface area contributed by atoms with E-state index in [9.17, 15) is 0 Å². The fourth-order valence-electron chi connectivity index (χ4n) is 1.25. The average molecular weight is 151 g/mol. The molecule has 1 nitrogen and oxygen atoms in total. The molecule has 0 radical (unpaired) electrons. The van der Waals surface area contributed by atoms with E-state index in [4.69, 9.17) is 5.73 Å². The third-order valence-corrected chi connectivity index (χ3v) is 2.03. The molecule has 0 bridgehead atoms. The van der Waals surface area contributed by atoms with Gasteiger partial charge in [-0.3, -0.25) is 0 Å². The van der Waals surface area contributed by atoms with Gasteiger partial charge in [0.05, 0.1) is 0 Å². The minimum Gasteiger partial charge on any atom is -0.324 e. The van der Waals surface area contributed by atoms with E-state index < -0.39 is 0 Å². The van der Waals surface area contributed by atoms with Crippen LogP contribution in [0.15, 0.2) is 23.8 Å². The Morgan fingerprint density at radius 3 is 3.00 bits per heavy atom. The van der Waals surface area contributed by atoms with E-state index >= 15 is 0 Å². The lowest BCUT2D eigenvalue weighted by Gasteiger charge is -2.10. The molecule has 0 fully saturated rings. The first-order valence-electron chi connectivity index (χ1n) is 4.45. The lowest BCUT2D eigenvalue weighted by atomic mass is 10.00. The van der Waals surface area contributed by atoms with Crippen molar-refractivity contribution >= 4 is 0 Å². The van der Waals surface area contributed by atoms with Gasteiger partial charge >= 0.3 is 0 Å². The highest BCUT2D eigenvalue weighted by Crippen LogP contribution is 2.14. The van der Waals surface area contributed by atoms with E-state index in [1.165, 1.54) is 24.8 Å². The molecule has 1 aliphatic rings. The topological polar surface area (TPSA) is 26.0 Å². The summed E-state index contributed by atoms with van der Waals surface area (Å²) >= 11 is 0. The summed E-state index contributed by atoms with van der Waals surface area (Å²) in [6.45, 7) is 2.22. The van der Waals surface area contributed by atoms with Crippen molar-refractivity contribution in [1.29, 1.82) is 0 Å². The first-order chi connectivity index (χ1) is 5.33. The number of allylic oxidation sites excluding steroid dienone is 2. The van der Waals surface area contributed by atoms with Crippen LogP contribution in [0.2, 0.25) is 0 Å². The highest BCUT2D eigenvalue weighted by molar-refractivity contribution is 5.24. The number of nitrogens with two attached hydrogens (primary N) is 1. The minimum absolute atomic E-state index is 0.264. The van der Waals surface area contributed by atoms with Crippen LogP contribution in [0.3, 0.4) is 0 Å². The predicted octanol–water partition coefficient (Wildman–Crippen LogP) is 2.39. The molecule has 62 valence electrons. The highest BCUT2D eigenvalue weighted by Gasteiger charge is 2.02. The third kappa shape index (κ3) is 2.89. The van der Waals surface area contributed by atoms with E-state index in [1.54, 1.807) is 0 Å². The molecule has 0 aromatic heterocycles. The van der Waals surface area contributed by atoms with Crippen molar-refractivity contribution < 1.29 is 0 Å². The maximum atomic E-state index is 5.69. The van der Waals surface area contributed by atoms with Gasteiger partial charge < -0.3 is 5.73 Å². The maximum Gasteiger partial charge on any atom is 0.0262 e. The summed E-state index contributed by atoms with van der Waals surface area (Å²) in [7, 11) is 0. The molecule has 11 heavy (non-hydrogen) atoms. The summed E-state index contributed by atoms with van der Waals surface area (Å²) in [5.74, 6) is 0. The number of hydrogen-bond donors (Lipinski definition) is 1. The Balaban J connectivity index is 2.31. The monoisotopic (exact) mass is 151 g/mol. The molecule has 1 aliphatic carbocycles. The van der Waals surface area contributed by atoms with E-state index in [2.05, 4.69) is 25.2 Å². The van der Waals surface area contributed by atoms with Crippen molar-refractivity contribution in [3.8, 4) is 0 Å². The molecule has 0 saturated carbocycles. The van der Waals surface area contributed by atoms with Crippen molar-refractivity contribution in [1.82, 2.24) is 0 Å². The zero-order valence-corrected chi connectivity index (χ0v) is 7.22. The summed E-state index contributed by atoms with van der Waals surface area (Å²) in [6.07, 6.45) is 11.4. The second-order valence-corrected chi connectivity index (χ2v) is 3.14. The molecular weight excluding hydrogens is 134 g/mol. The summed E-state index contributed by atoms with van der Waals surface area (Å²) in [5, 5.41) is 0. The second-order valence-electron chi connectivity index (χ2n) is 3.14. The molecule has 0 aliphatic heterocycles. The van der Waals surface area contributed by atoms with Crippen LogP contribution in [-0.4, -0.2) is 6.04 Å². The van der Waals surface area contributed by atoms with Crippen LogP contribution in [0.5, 0.6) is 0 Å². The van der Waals surface area contributed by atoms with Gasteiger partial charge in [0, 0.05) is 6.04 Å². The van der Waals surface area contributed by atoms with Gasteiger partial charge in [0.15, 0.2) is 0 Å². The largest absolute Gasteiger partial charge is 0.324 e. The SMILES string of the molecule is CCCCC1=CCC(N)C=C1. The smallest absolute Gasteiger partial charge is 0.0262 e. The summed E-state index contributed by atoms with van der Waals surface area (Å²) in [6, 6.07) is 0.264. The van der Waals surface area contributed by atoms with Gasteiger partial charge in [0.1, 0.15) is 0 Å². The molecular formula is C10H17N. The van der Waals surface area contributed by atoms with Crippen LogP contribution >= 0.6 is 0 Å². The van der Waals surface area contributed by atoms with Gasteiger partial charge in [-0.15, -0.1) is 0 Å². The summed E-state index contributed by atoms with van der Waals surface area (Å²) < 4.78 is 0. The normalized spacial score (nSPS) is 23.5. The van der Waals surface area contributed by atoms with E-state index in [0.717, 1.165) is 6.42 Å². The van der Waals surface area contributed by atoms with Gasteiger partial charge in [0.25, 0.3) is 0 Å². The first-order valence-corrected chi connectivity index (χ1v) is 4.45. The zero-order chi connectivity index (χ0) is 8.10. The molecule has 1 unspecified atom stereocenters. The van der Waals surface area contributed by atoms with Gasteiger partial charge in [-0.2, -0.15) is 0 Å². The van der Waals surface area contributed by atoms with Gasteiger partial charge in [-0.1, -0.05) is 37.1 Å². The first kappa shape index (κ1) is 8.54. The zero-order valence-electron chi connectivity index (χ0n) is 7.22. The maximum absolute atomic E-state index is 5.69. The van der Waals surface area contributed by atoms with Crippen molar-refractivity contribution in [3.05, 3.63) is 23.8 Å². The Labute approximate surface area is 69.0 Å².